The van der Waals surface area contributed by atoms with Crippen LogP contribution in [-0.2, 0) is 4.74 Å². The molecule has 0 aromatic carbocycles. The van der Waals surface area contributed by atoms with Crippen LogP contribution in [0.3, 0.4) is 0 Å². The lowest BCUT2D eigenvalue weighted by molar-refractivity contribution is 0.152. The Labute approximate surface area is 87.6 Å². The molecule has 2 saturated heterocycles. The molecule has 82 valence electrons. The van der Waals surface area contributed by atoms with Crippen LogP contribution < -0.4 is 0 Å². The van der Waals surface area contributed by atoms with Gasteiger partial charge in [-0.3, -0.25) is 0 Å². The Balaban J connectivity index is 1.71. The molecular formula is C12H23NO. The minimum absolute atomic E-state index is 0.562. The Morgan fingerprint density at radius 2 is 2.21 bits per heavy atom. The Kier molecular flexibility index (Phi) is 3.45. The van der Waals surface area contributed by atoms with Gasteiger partial charge in [-0.2, -0.15) is 0 Å². The highest BCUT2D eigenvalue weighted by molar-refractivity contribution is 4.92. The molecule has 0 aromatic rings. The molecule has 0 radical (unpaired) electrons. The average molecular weight is 197 g/mol. The zero-order valence-corrected chi connectivity index (χ0v) is 9.43. The van der Waals surface area contributed by atoms with Crippen LogP contribution in [0.2, 0.25) is 0 Å². The van der Waals surface area contributed by atoms with Crippen LogP contribution >= 0.6 is 0 Å². The SMILES string of the molecule is CCCCCN1CCC2(CCOC2)C1. The van der Waals surface area contributed by atoms with Crippen molar-refractivity contribution in [3.05, 3.63) is 0 Å². The van der Waals surface area contributed by atoms with E-state index in [4.69, 9.17) is 4.74 Å². The maximum absolute atomic E-state index is 5.53. The predicted molar refractivity (Wildman–Crippen MR) is 58.5 cm³/mol. The standard InChI is InChI=1S/C12H23NO/c1-2-3-4-7-13-8-5-12(10-13)6-9-14-11-12/h2-11H2,1H3. The molecular weight excluding hydrogens is 174 g/mol. The van der Waals surface area contributed by atoms with E-state index in [1.807, 2.05) is 0 Å². The highest BCUT2D eigenvalue weighted by Gasteiger charge is 2.40. The van der Waals surface area contributed by atoms with Crippen LogP contribution in [0.1, 0.15) is 39.0 Å². The number of unbranched alkanes of at least 4 members (excludes halogenated alkanes) is 2. The molecule has 0 aliphatic carbocycles. The van der Waals surface area contributed by atoms with E-state index in [-0.39, 0.29) is 0 Å². The zero-order valence-electron chi connectivity index (χ0n) is 9.43. The summed E-state index contributed by atoms with van der Waals surface area (Å²) in [6.07, 6.45) is 6.78. The van der Waals surface area contributed by atoms with Gasteiger partial charge in [-0.05, 0) is 32.4 Å². The van der Waals surface area contributed by atoms with Crippen molar-refractivity contribution in [1.82, 2.24) is 4.90 Å². The summed E-state index contributed by atoms with van der Waals surface area (Å²) in [7, 11) is 0. The van der Waals surface area contributed by atoms with Gasteiger partial charge >= 0.3 is 0 Å². The third-order valence-corrected chi connectivity index (χ3v) is 3.78. The lowest BCUT2D eigenvalue weighted by atomic mass is 9.87. The van der Waals surface area contributed by atoms with Crippen LogP contribution in [0.25, 0.3) is 0 Å². The Morgan fingerprint density at radius 3 is 2.93 bits per heavy atom. The summed E-state index contributed by atoms with van der Waals surface area (Å²) in [5.74, 6) is 0. The topological polar surface area (TPSA) is 12.5 Å². The van der Waals surface area contributed by atoms with Gasteiger partial charge in [-0.25, -0.2) is 0 Å². The first-order valence-corrected chi connectivity index (χ1v) is 6.15. The van der Waals surface area contributed by atoms with E-state index < -0.39 is 0 Å². The fourth-order valence-electron chi connectivity index (χ4n) is 2.78. The van der Waals surface area contributed by atoms with Gasteiger partial charge in [0.1, 0.15) is 0 Å². The second kappa shape index (κ2) is 4.63. The number of likely N-dealkylation sites (tertiary alicyclic amines) is 1. The summed E-state index contributed by atoms with van der Waals surface area (Å²) in [4.78, 5) is 2.64. The summed E-state index contributed by atoms with van der Waals surface area (Å²) in [6.45, 7) is 8.23. The summed E-state index contributed by atoms with van der Waals surface area (Å²) >= 11 is 0. The molecule has 0 amide bonds. The van der Waals surface area contributed by atoms with Crippen LogP contribution in [0.15, 0.2) is 0 Å². The first-order valence-electron chi connectivity index (χ1n) is 6.15. The van der Waals surface area contributed by atoms with Crippen molar-refractivity contribution in [2.75, 3.05) is 32.8 Å². The Hall–Kier alpha value is -0.0800. The minimum atomic E-state index is 0.562. The van der Waals surface area contributed by atoms with Gasteiger partial charge in [0.15, 0.2) is 0 Å². The monoisotopic (exact) mass is 197 g/mol. The van der Waals surface area contributed by atoms with E-state index in [2.05, 4.69) is 11.8 Å². The molecule has 2 rings (SSSR count). The normalized spacial score (nSPS) is 33.2. The maximum Gasteiger partial charge on any atom is 0.0536 e. The molecule has 1 unspecified atom stereocenters. The molecule has 1 atom stereocenters. The second-order valence-electron chi connectivity index (χ2n) is 5.04. The maximum atomic E-state index is 5.53. The first kappa shape index (κ1) is 10.4. The lowest BCUT2D eigenvalue weighted by Crippen LogP contribution is -2.28. The molecule has 1 spiro atoms. The number of hydrogen-bond acceptors (Lipinski definition) is 2. The fraction of sp³-hybridized carbons (Fsp3) is 1.00. The van der Waals surface area contributed by atoms with Crippen molar-refractivity contribution >= 4 is 0 Å². The Morgan fingerprint density at radius 1 is 1.29 bits per heavy atom. The molecule has 2 nitrogen and oxygen atoms in total. The van der Waals surface area contributed by atoms with Gasteiger partial charge in [0, 0.05) is 18.6 Å². The van der Waals surface area contributed by atoms with Crippen molar-refractivity contribution < 1.29 is 4.74 Å². The summed E-state index contributed by atoms with van der Waals surface area (Å²) < 4.78 is 5.53. The zero-order chi connectivity index (χ0) is 9.86. The largest absolute Gasteiger partial charge is 0.381 e. The van der Waals surface area contributed by atoms with Crippen LogP contribution in [0.4, 0.5) is 0 Å². The molecule has 2 fully saturated rings. The third kappa shape index (κ3) is 2.29. The van der Waals surface area contributed by atoms with E-state index in [0.717, 1.165) is 13.2 Å². The first-order chi connectivity index (χ1) is 6.85. The van der Waals surface area contributed by atoms with Crippen LogP contribution in [-0.4, -0.2) is 37.7 Å². The van der Waals surface area contributed by atoms with Gasteiger partial charge < -0.3 is 9.64 Å². The van der Waals surface area contributed by atoms with Crippen molar-refractivity contribution in [1.29, 1.82) is 0 Å². The van der Waals surface area contributed by atoms with Gasteiger partial charge in [0.2, 0.25) is 0 Å². The van der Waals surface area contributed by atoms with E-state index in [1.165, 1.54) is 51.7 Å². The number of hydrogen-bond donors (Lipinski definition) is 0. The molecule has 0 N–H and O–H groups in total. The summed E-state index contributed by atoms with van der Waals surface area (Å²) in [6, 6.07) is 0. The smallest absolute Gasteiger partial charge is 0.0536 e. The highest BCUT2D eigenvalue weighted by Crippen LogP contribution is 2.38. The highest BCUT2D eigenvalue weighted by atomic mass is 16.5. The molecule has 2 aliphatic rings. The van der Waals surface area contributed by atoms with Crippen LogP contribution in [0.5, 0.6) is 0 Å². The minimum Gasteiger partial charge on any atom is -0.381 e. The Bertz CT molecular complexity index is 175. The van der Waals surface area contributed by atoms with Crippen molar-refractivity contribution in [2.24, 2.45) is 5.41 Å². The van der Waals surface area contributed by atoms with E-state index >= 15 is 0 Å². The molecule has 14 heavy (non-hydrogen) atoms. The molecule has 2 aliphatic heterocycles. The van der Waals surface area contributed by atoms with Gasteiger partial charge in [0.05, 0.1) is 6.61 Å². The van der Waals surface area contributed by atoms with E-state index in [9.17, 15) is 0 Å². The van der Waals surface area contributed by atoms with E-state index in [0.29, 0.717) is 5.41 Å². The van der Waals surface area contributed by atoms with Gasteiger partial charge in [-0.1, -0.05) is 19.8 Å². The quantitative estimate of drug-likeness (QED) is 0.641. The summed E-state index contributed by atoms with van der Waals surface area (Å²) in [5.41, 5.74) is 0.562. The third-order valence-electron chi connectivity index (χ3n) is 3.78. The summed E-state index contributed by atoms with van der Waals surface area (Å²) in [5, 5.41) is 0. The predicted octanol–water partition coefficient (Wildman–Crippen LogP) is 2.29. The number of nitrogens with zero attached hydrogens (tertiary/aromatic N) is 1. The van der Waals surface area contributed by atoms with Crippen molar-refractivity contribution in [3.63, 3.8) is 0 Å². The molecule has 2 heteroatoms. The van der Waals surface area contributed by atoms with Crippen molar-refractivity contribution in [2.45, 2.75) is 39.0 Å². The number of ether oxygens (including phenoxy) is 1. The molecule has 0 saturated carbocycles. The number of rotatable bonds is 4. The molecule has 2 heterocycles. The second-order valence-corrected chi connectivity index (χ2v) is 5.04. The van der Waals surface area contributed by atoms with Gasteiger partial charge in [-0.15, -0.1) is 0 Å². The average Bonchev–Trinajstić information content (AvgIpc) is 2.79. The molecule has 0 aromatic heterocycles. The van der Waals surface area contributed by atoms with Crippen molar-refractivity contribution in [3.8, 4) is 0 Å². The fourth-order valence-corrected chi connectivity index (χ4v) is 2.78. The van der Waals surface area contributed by atoms with Crippen LogP contribution in [0, 0.1) is 5.41 Å². The molecule has 0 bridgehead atoms. The lowest BCUT2D eigenvalue weighted by Gasteiger charge is -2.21. The van der Waals surface area contributed by atoms with E-state index in [1.54, 1.807) is 0 Å². The van der Waals surface area contributed by atoms with Gasteiger partial charge in [0.25, 0.3) is 0 Å².